The first-order valence-corrected chi connectivity index (χ1v) is 6.41. The second-order valence-corrected chi connectivity index (χ2v) is 4.36. The van der Waals surface area contributed by atoms with E-state index in [1.165, 1.54) is 6.07 Å². The molecule has 0 unspecified atom stereocenters. The summed E-state index contributed by atoms with van der Waals surface area (Å²) < 4.78 is 19.0. The Hall–Kier alpha value is -2.03. The van der Waals surface area contributed by atoms with Crippen molar-refractivity contribution in [2.75, 3.05) is 11.9 Å². The van der Waals surface area contributed by atoms with Crippen LogP contribution in [0.25, 0.3) is 0 Å². The van der Waals surface area contributed by atoms with E-state index >= 15 is 0 Å². The minimum absolute atomic E-state index is 0.217. The van der Waals surface area contributed by atoms with Crippen molar-refractivity contribution >= 4 is 5.69 Å². The molecule has 2 aromatic rings. The molecule has 100 valence electrons. The summed E-state index contributed by atoms with van der Waals surface area (Å²) in [5.74, 6) is 0.638. The molecule has 0 aromatic heterocycles. The van der Waals surface area contributed by atoms with E-state index in [2.05, 4.69) is 5.32 Å². The van der Waals surface area contributed by atoms with E-state index in [9.17, 15) is 4.39 Å². The number of rotatable bonds is 5. The summed E-state index contributed by atoms with van der Waals surface area (Å²) in [7, 11) is 0. The maximum atomic E-state index is 13.6. The van der Waals surface area contributed by atoms with E-state index in [0.717, 1.165) is 16.9 Å². The van der Waals surface area contributed by atoms with Gasteiger partial charge in [0.2, 0.25) is 0 Å². The monoisotopic (exact) mass is 259 g/mol. The molecule has 3 heteroatoms. The molecule has 2 nitrogen and oxygen atoms in total. The highest BCUT2D eigenvalue weighted by Gasteiger charge is 2.04. The summed E-state index contributed by atoms with van der Waals surface area (Å²) in [6.07, 6.45) is 0. The van der Waals surface area contributed by atoms with Crippen LogP contribution in [0.2, 0.25) is 0 Å². The second-order valence-electron chi connectivity index (χ2n) is 4.36. The first-order chi connectivity index (χ1) is 9.20. The number of hydrogen-bond acceptors (Lipinski definition) is 2. The lowest BCUT2D eigenvalue weighted by atomic mass is 10.1. The summed E-state index contributed by atoms with van der Waals surface area (Å²) in [6.45, 7) is 5.10. The van der Waals surface area contributed by atoms with Crippen molar-refractivity contribution in [2.45, 2.75) is 20.4 Å². The zero-order valence-corrected chi connectivity index (χ0v) is 11.2. The molecule has 0 heterocycles. The lowest BCUT2D eigenvalue weighted by Gasteiger charge is -2.11. The van der Waals surface area contributed by atoms with Gasteiger partial charge in [-0.15, -0.1) is 0 Å². The van der Waals surface area contributed by atoms with Gasteiger partial charge < -0.3 is 10.1 Å². The van der Waals surface area contributed by atoms with Crippen LogP contribution >= 0.6 is 0 Å². The minimum atomic E-state index is -0.217. The average molecular weight is 259 g/mol. The van der Waals surface area contributed by atoms with Gasteiger partial charge >= 0.3 is 0 Å². The second kappa shape index (κ2) is 6.23. The molecule has 0 saturated heterocycles. The highest BCUT2D eigenvalue weighted by atomic mass is 19.1. The molecule has 0 aliphatic heterocycles. The number of nitrogens with one attached hydrogen (secondary N) is 1. The summed E-state index contributed by atoms with van der Waals surface area (Å²) in [6, 6.07) is 12.9. The molecule has 2 aromatic carbocycles. The Labute approximate surface area is 113 Å². The highest BCUT2D eigenvalue weighted by molar-refractivity contribution is 5.52. The lowest BCUT2D eigenvalue weighted by Crippen LogP contribution is -2.03. The number of halogens is 1. The fourth-order valence-corrected chi connectivity index (χ4v) is 1.92. The Morgan fingerprint density at radius 3 is 2.47 bits per heavy atom. The van der Waals surface area contributed by atoms with Crippen molar-refractivity contribution in [1.82, 2.24) is 0 Å². The predicted octanol–water partition coefficient (Wildman–Crippen LogP) is 4.14. The molecule has 19 heavy (non-hydrogen) atoms. The maximum Gasteiger partial charge on any atom is 0.146 e. The third-order valence-corrected chi connectivity index (χ3v) is 2.93. The van der Waals surface area contributed by atoms with Crippen molar-refractivity contribution in [3.05, 3.63) is 59.4 Å². The maximum absolute atomic E-state index is 13.6. The molecule has 0 aliphatic rings. The smallest absolute Gasteiger partial charge is 0.146 e. The summed E-state index contributed by atoms with van der Waals surface area (Å²) in [5.41, 5.74) is 2.56. The van der Waals surface area contributed by atoms with Crippen LogP contribution in [-0.4, -0.2) is 6.61 Å². The van der Waals surface area contributed by atoms with Crippen LogP contribution in [0.3, 0.4) is 0 Å². The van der Waals surface area contributed by atoms with Gasteiger partial charge in [0, 0.05) is 6.54 Å². The molecule has 0 aliphatic carbocycles. The quantitative estimate of drug-likeness (QED) is 0.871. The minimum Gasteiger partial charge on any atom is -0.494 e. The van der Waals surface area contributed by atoms with Crippen LogP contribution in [0.4, 0.5) is 10.1 Å². The molecule has 0 saturated carbocycles. The molecule has 0 radical (unpaired) electrons. The molecule has 0 atom stereocenters. The Bertz CT molecular complexity index is 517. The number of aryl methyl sites for hydroxylation is 1. The normalized spacial score (nSPS) is 10.3. The topological polar surface area (TPSA) is 21.3 Å². The number of benzene rings is 2. The number of ether oxygens (including phenoxy) is 1. The largest absolute Gasteiger partial charge is 0.494 e. The summed E-state index contributed by atoms with van der Waals surface area (Å²) in [5, 5.41) is 3.13. The summed E-state index contributed by atoms with van der Waals surface area (Å²) in [4.78, 5) is 0. The van der Waals surface area contributed by atoms with Crippen LogP contribution in [0.1, 0.15) is 18.1 Å². The number of anilines is 1. The summed E-state index contributed by atoms with van der Waals surface area (Å²) >= 11 is 0. The van der Waals surface area contributed by atoms with Crippen LogP contribution in [0.15, 0.2) is 42.5 Å². The van der Waals surface area contributed by atoms with Crippen molar-refractivity contribution in [1.29, 1.82) is 0 Å². The van der Waals surface area contributed by atoms with Crippen LogP contribution < -0.4 is 10.1 Å². The van der Waals surface area contributed by atoms with E-state index in [4.69, 9.17) is 4.74 Å². The van der Waals surface area contributed by atoms with E-state index in [1.54, 1.807) is 6.07 Å². The first-order valence-electron chi connectivity index (χ1n) is 6.41. The predicted molar refractivity (Wildman–Crippen MR) is 76.1 cm³/mol. The van der Waals surface area contributed by atoms with Crippen LogP contribution in [0, 0.1) is 12.7 Å². The van der Waals surface area contributed by atoms with Crippen molar-refractivity contribution in [2.24, 2.45) is 0 Å². The van der Waals surface area contributed by atoms with E-state index in [-0.39, 0.29) is 5.82 Å². The molecule has 0 spiro atoms. The van der Waals surface area contributed by atoms with Gasteiger partial charge in [0.1, 0.15) is 11.6 Å². The van der Waals surface area contributed by atoms with Gasteiger partial charge in [-0.3, -0.25) is 0 Å². The zero-order valence-electron chi connectivity index (χ0n) is 11.2. The lowest BCUT2D eigenvalue weighted by molar-refractivity contribution is 0.340. The van der Waals surface area contributed by atoms with Crippen LogP contribution in [-0.2, 0) is 6.54 Å². The van der Waals surface area contributed by atoms with Crippen molar-refractivity contribution < 1.29 is 9.13 Å². The Kier molecular flexibility index (Phi) is 4.39. The number of para-hydroxylation sites is 1. The Balaban J connectivity index is 2.02. The Morgan fingerprint density at radius 2 is 1.84 bits per heavy atom. The van der Waals surface area contributed by atoms with Crippen LogP contribution in [0.5, 0.6) is 5.75 Å². The third kappa shape index (κ3) is 3.47. The highest BCUT2D eigenvalue weighted by Crippen LogP contribution is 2.20. The van der Waals surface area contributed by atoms with Gasteiger partial charge in [-0.2, -0.15) is 0 Å². The zero-order chi connectivity index (χ0) is 13.7. The molecular weight excluding hydrogens is 241 g/mol. The van der Waals surface area contributed by atoms with Gasteiger partial charge in [0.15, 0.2) is 0 Å². The van der Waals surface area contributed by atoms with Gasteiger partial charge in [-0.25, -0.2) is 4.39 Å². The van der Waals surface area contributed by atoms with E-state index in [0.29, 0.717) is 18.8 Å². The fraction of sp³-hybridized carbons (Fsp3) is 0.250. The SMILES string of the molecule is CCOc1ccc(CNc2c(C)cccc2F)cc1. The number of hydrogen-bond donors (Lipinski definition) is 1. The molecule has 0 amide bonds. The van der Waals surface area contributed by atoms with E-state index < -0.39 is 0 Å². The molecule has 0 fully saturated rings. The Morgan fingerprint density at radius 1 is 1.11 bits per heavy atom. The van der Waals surface area contributed by atoms with Gasteiger partial charge in [0.25, 0.3) is 0 Å². The van der Waals surface area contributed by atoms with E-state index in [1.807, 2.05) is 44.2 Å². The standard InChI is InChI=1S/C16H18FNO/c1-3-19-14-9-7-13(8-10-14)11-18-16-12(2)5-4-6-15(16)17/h4-10,18H,3,11H2,1-2H3. The van der Waals surface area contributed by atoms with Gasteiger partial charge in [-0.1, -0.05) is 24.3 Å². The molecule has 1 N–H and O–H groups in total. The van der Waals surface area contributed by atoms with Crippen molar-refractivity contribution in [3.8, 4) is 5.75 Å². The molecule has 2 rings (SSSR count). The van der Waals surface area contributed by atoms with Gasteiger partial charge in [-0.05, 0) is 43.2 Å². The fourth-order valence-electron chi connectivity index (χ4n) is 1.92. The molecular formula is C16H18FNO. The first kappa shape index (κ1) is 13.4. The molecule has 0 bridgehead atoms. The van der Waals surface area contributed by atoms with Gasteiger partial charge in [0.05, 0.1) is 12.3 Å². The average Bonchev–Trinajstić information content (AvgIpc) is 2.40. The van der Waals surface area contributed by atoms with Crippen molar-refractivity contribution in [3.63, 3.8) is 0 Å². The third-order valence-electron chi connectivity index (χ3n) is 2.93.